The smallest absolute Gasteiger partial charge is 0.235 e. The number of allylic oxidation sites excluding steroid dienone is 1. The Morgan fingerprint density at radius 2 is 2.40 bits per heavy atom. The molecule has 3 aromatic rings. The number of anilines is 1. The van der Waals surface area contributed by atoms with Crippen LogP contribution in [0.1, 0.15) is 5.56 Å². The lowest BCUT2D eigenvalue weighted by Gasteiger charge is -2.06. The van der Waals surface area contributed by atoms with Crippen molar-refractivity contribution in [1.29, 1.82) is 5.26 Å². The van der Waals surface area contributed by atoms with Gasteiger partial charge >= 0.3 is 0 Å². The van der Waals surface area contributed by atoms with Crippen molar-refractivity contribution in [1.82, 2.24) is 14.8 Å². The Kier molecular flexibility index (Phi) is 5.33. The summed E-state index contributed by atoms with van der Waals surface area (Å²) in [5, 5.41) is 22.9. The molecule has 0 fully saturated rings. The Labute approximate surface area is 152 Å². The van der Waals surface area contributed by atoms with Gasteiger partial charge in [-0.05, 0) is 23.6 Å². The van der Waals surface area contributed by atoms with Gasteiger partial charge in [-0.3, -0.25) is 9.36 Å². The summed E-state index contributed by atoms with van der Waals surface area (Å²) in [6.45, 7) is 4.24. The molecule has 9 heteroatoms. The van der Waals surface area contributed by atoms with Crippen LogP contribution in [-0.2, 0) is 11.3 Å². The molecule has 0 aromatic carbocycles. The lowest BCUT2D eigenvalue weighted by molar-refractivity contribution is -0.113. The summed E-state index contributed by atoms with van der Waals surface area (Å²) < 4.78 is 7.19. The highest BCUT2D eigenvalue weighted by molar-refractivity contribution is 7.99. The predicted octanol–water partition coefficient (Wildman–Crippen LogP) is 3.39. The maximum atomic E-state index is 12.1. The van der Waals surface area contributed by atoms with Crippen molar-refractivity contribution in [3.63, 3.8) is 0 Å². The van der Waals surface area contributed by atoms with Crippen molar-refractivity contribution in [3.8, 4) is 17.7 Å². The van der Waals surface area contributed by atoms with Crippen molar-refractivity contribution >= 4 is 34.0 Å². The summed E-state index contributed by atoms with van der Waals surface area (Å²) in [6.07, 6.45) is 3.29. The molecule has 0 radical (unpaired) electrons. The predicted molar refractivity (Wildman–Crippen MR) is 96.3 cm³/mol. The summed E-state index contributed by atoms with van der Waals surface area (Å²) in [5.41, 5.74) is 0.457. The monoisotopic (exact) mass is 371 g/mol. The van der Waals surface area contributed by atoms with Crippen LogP contribution in [0.4, 0.5) is 5.00 Å². The summed E-state index contributed by atoms with van der Waals surface area (Å²) in [4.78, 5) is 12.1. The summed E-state index contributed by atoms with van der Waals surface area (Å²) in [6, 6.07) is 7.28. The van der Waals surface area contributed by atoms with E-state index in [1.54, 1.807) is 35.9 Å². The molecular weight excluding hydrogens is 358 g/mol. The molecule has 0 spiro atoms. The maximum Gasteiger partial charge on any atom is 0.235 e. The zero-order chi connectivity index (χ0) is 17.6. The topological polar surface area (TPSA) is 96.7 Å². The van der Waals surface area contributed by atoms with Crippen molar-refractivity contribution in [2.75, 3.05) is 11.1 Å². The number of aromatic nitrogens is 3. The third-order valence-corrected chi connectivity index (χ3v) is 4.94. The van der Waals surface area contributed by atoms with Crippen molar-refractivity contribution in [2.45, 2.75) is 11.7 Å². The summed E-state index contributed by atoms with van der Waals surface area (Å²) in [7, 11) is 0. The Morgan fingerprint density at radius 1 is 1.52 bits per heavy atom. The minimum absolute atomic E-state index is 0.149. The lowest BCUT2D eigenvalue weighted by atomic mass is 10.3. The van der Waals surface area contributed by atoms with E-state index in [1.807, 2.05) is 10.6 Å². The van der Waals surface area contributed by atoms with Crippen molar-refractivity contribution in [3.05, 3.63) is 48.1 Å². The molecule has 7 nitrogen and oxygen atoms in total. The van der Waals surface area contributed by atoms with Gasteiger partial charge in [0.15, 0.2) is 10.9 Å². The first-order valence-electron chi connectivity index (χ1n) is 7.21. The number of amides is 1. The zero-order valence-corrected chi connectivity index (χ0v) is 14.6. The van der Waals surface area contributed by atoms with Crippen LogP contribution in [0, 0.1) is 11.3 Å². The lowest BCUT2D eigenvalue weighted by Crippen LogP contribution is -2.14. The Bertz CT molecular complexity index is 921. The molecule has 1 N–H and O–H groups in total. The molecule has 1 amide bonds. The van der Waals surface area contributed by atoms with E-state index in [0.717, 1.165) is 0 Å². The summed E-state index contributed by atoms with van der Waals surface area (Å²) in [5.74, 6) is 1.12. The second kappa shape index (κ2) is 7.83. The van der Waals surface area contributed by atoms with Gasteiger partial charge in [-0.2, -0.15) is 5.26 Å². The second-order valence-corrected chi connectivity index (χ2v) is 6.65. The van der Waals surface area contributed by atoms with Crippen LogP contribution in [0.5, 0.6) is 0 Å². The van der Waals surface area contributed by atoms with Crippen molar-refractivity contribution in [2.24, 2.45) is 0 Å². The molecule has 126 valence electrons. The van der Waals surface area contributed by atoms with Gasteiger partial charge < -0.3 is 9.73 Å². The second-order valence-electron chi connectivity index (χ2n) is 4.79. The van der Waals surface area contributed by atoms with E-state index in [4.69, 9.17) is 9.68 Å². The largest absolute Gasteiger partial charge is 0.461 e. The average Bonchev–Trinajstić information content (AvgIpc) is 3.34. The number of nitrogens with zero attached hydrogens (tertiary/aromatic N) is 4. The number of hydrogen-bond acceptors (Lipinski definition) is 7. The normalized spacial score (nSPS) is 10.4. The number of rotatable bonds is 7. The third-order valence-electron chi connectivity index (χ3n) is 3.14. The molecule has 0 saturated heterocycles. The zero-order valence-electron chi connectivity index (χ0n) is 13.0. The molecule has 3 heterocycles. The SMILES string of the molecule is C=CCn1c(SCC(=O)Nc2sccc2C#N)nnc1-c1ccco1. The van der Waals surface area contributed by atoms with E-state index in [-0.39, 0.29) is 11.7 Å². The maximum absolute atomic E-state index is 12.1. The van der Waals surface area contributed by atoms with E-state index in [1.165, 1.54) is 23.1 Å². The first-order chi connectivity index (χ1) is 12.2. The first kappa shape index (κ1) is 17.0. The highest BCUT2D eigenvalue weighted by Crippen LogP contribution is 2.26. The number of nitrogens with one attached hydrogen (secondary N) is 1. The molecule has 0 aliphatic carbocycles. The minimum Gasteiger partial charge on any atom is -0.461 e. The Morgan fingerprint density at radius 3 is 3.12 bits per heavy atom. The van der Waals surface area contributed by atoms with Crippen molar-refractivity contribution < 1.29 is 9.21 Å². The number of thiophene rings is 1. The number of thioether (sulfide) groups is 1. The molecule has 0 aliphatic rings. The van der Waals surface area contributed by atoms with E-state index < -0.39 is 0 Å². The van der Waals surface area contributed by atoms with Gasteiger partial charge in [0.1, 0.15) is 11.1 Å². The molecule has 0 saturated carbocycles. The fourth-order valence-electron chi connectivity index (χ4n) is 2.06. The van der Waals surface area contributed by atoms with Gasteiger partial charge in [0.25, 0.3) is 0 Å². The number of hydrogen-bond donors (Lipinski definition) is 1. The van der Waals surface area contributed by atoms with E-state index in [0.29, 0.717) is 33.9 Å². The van der Waals surface area contributed by atoms with E-state index >= 15 is 0 Å². The number of carbonyl (C=O) groups excluding carboxylic acids is 1. The summed E-state index contributed by atoms with van der Waals surface area (Å²) >= 11 is 2.57. The van der Waals surface area contributed by atoms with Gasteiger partial charge in [0.05, 0.1) is 17.6 Å². The van der Waals surface area contributed by atoms with E-state index in [9.17, 15) is 4.79 Å². The molecule has 0 atom stereocenters. The molecule has 3 rings (SSSR count). The van der Waals surface area contributed by atoms with Crippen LogP contribution in [-0.4, -0.2) is 26.4 Å². The van der Waals surface area contributed by atoms with Crippen LogP contribution >= 0.6 is 23.1 Å². The van der Waals surface area contributed by atoms with Crippen LogP contribution in [0.15, 0.2) is 52.1 Å². The van der Waals surface area contributed by atoms with Gasteiger partial charge in [0, 0.05) is 6.54 Å². The van der Waals surface area contributed by atoms with Gasteiger partial charge in [-0.1, -0.05) is 17.8 Å². The number of nitriles is 1. The third kappa shape index (κ3) is 3.81. The first-order valence-corrected chi connectivity index (χ1v) is 9.07. The fraction of sp³-hybridized carbons (Fsp3) is 0.125. The average molecular weight is 371 g/mol. The van der Waals surface area contributed by atoms with E-state index in [2.05, 4.69) is 22.1 Å². The minimum atomic E-state index is -0.211. The van der Waals surface area contributed by atoms with Gasteiger partial charge in [-0.25, -0.2) is 0 Å². The Hall–Kier alpha value is -2.83. The highest BCUT2D eigenvalue weighted by Gasteiger charge is 2.17. The quantitative estimate of drug-likeness (QED) is 0.505. The Balaban J connectivity index is 1.70. The fourth-order valence-corrected chi connectivity index (χ4v) is 3.57. The molecular formula is C16H13N5O2S2. The highest BCUT2D eigenvalue weighted by atomic mass is 32.2. The van der Waals surface area contributed by atoms with Crippen LogP contribution < -0.4 is 5.32 Å². The molecule has 0 bridgehead atoms. The van der Waals surface area contributed by atoms with Crippen LogP contribution in [0.2, 0.25) is 0 Å². The number of carbonyl (C=O) groups is 1. The van der Waals surface area contributed by atoms with Gasteiger partial charge in [0.2, 0.25) is 11.7 Å². The standard InChI is InChI=1S/C16H13N5O2S2/c1-2-6-21-14(12-4-3-7-23-12)19-20-16(21)25-10-13(22)18-15-11(9-17)5-8-24-15/h2-5,7-8H,1,6,10H2,(H,18,22). The number of furan rings is 1. The molecule has 25 heavy (non-hydrogen) atoms. The molecule has 3 aromatic heterocycles. The van der Waals surface area contributed by atoms with Crippen LogP contribution in [0.25, 0.3) is 11.6 Å². The van der Waals surface area contributed by atoms with Gasteiger partial charge in [-0.15, -0.1) is 28.1 Å². The molecule has 0 unspecified atom stereocenters. The molecule has 0 aliphatic heterocycles. The van der Waals surface area contributed by atoms with Crippen LogP contribution in [0.3, 0.4) is 0 Å².